The zero-order chi connectivity index (χ0) is 27.0. The lowest BCUT2D eigenvalue weighted by molar-refractivity contribution is -0.141. The Morgan fingerprint density at radius 2 is 1.78 bits per heavy atom. The van der Waals surface area contributed by atoms with Crippen LogP contribution in [0.1, 0.15) is 19.5 Å². The Balaban J connectivity index is 1.81. The number of benzene rings is 2. The zero-order valence-electron chi connectivity index (χ0n) is 19.9. The summed E-state index contributed by atoms with van der Waals surface area (Å²) >= 11 is 1.17. The number of sulfone groups is 1. The van der Waals surface area contributed by atoms with Gasteiger partial charge >= 0.3 is 12.3 Å². The number of thiophene rings is 1. The molecule has 12 heteroatoms. The molecule has 0 saturated heterocycles. The number of carbonyl (C=O) groups is 1. The maximum atomic E-state index is 13.7. The number of nitrogens with one attached hydrogen (secondary N) is 1. The first-order valence-electron chi connectivity index (χ1n) is 11.0. The SMILES string of the molecule is CC(C)NC(=O)Oc1ccccc1-n1nc(C(F)(F)F)cc1-c1cc(-c2cccc(S(C)(=O)=O)c2)cs1. The molecule has 2 aromatic heterocycles. The molecule has 0 spiro atoms. The molecule has 1 N–H and O–H groups in total. The number of carbonyl (C=O) groups excluding carboxylic acids is 1. The van der Waals surface area contributed by atoms with Crippen molar-refractivity contribution in [1.82, 2.24) is 15.1 Å². The summed E-state index contributed by atoms with van der Waals surface area (Å²) in [5, 5.41) is 8.09. The predicted molar refractivity (Wildman–Crippen MR) is 135 cm³/mol. The van der Waals surface area contributed by atoms with Crippen LogP contribution >= 0.6 is 11.3 Å². The van der Waals surface area contributed by atoms with Gasteiger partial charge in [-0.3, -0.25) is 0 Å². The van der Waals surface area contributed by atoms with E-state index in [4.69, 9.17) is 4.74 Å². The van der Waals surface area contributed by atoms with E-state index in [0.717, 1.165) is 17.0 Å². The number of hydrogen-bond donors (Lipinski definition) is 1. The third-order valence-corrected chi connectivity index (χ3v) is 7.21. The molecule has 1 amide bonds. The van der Waals surface area contributed by atoms with E-state index >= 15 is 0 Å². The van der Waals surface area contributed by atoms with Gasteiger partial charge in [0.05, 0.1) is 15.5 Å². The van der Waals surface area contributed by atoms with E-state index < -0.39 is 27.8 Å². The van der Waals surface area contributed by atoms with Gasteiger partial charge in [-0.05, 0) is 66.8 Å². The highest BCUT2D eigenvalue weighted by molar-refractivity contribution is 7.90. The summed E-state index contributed by atoms with van der Waals surface area (Å²) in [4.78, 5) is 12.8. The molecule has 0 fully saturated rings. The number of alkyl halides is 3. The summed E-state index contributed by atoms with van der Waals surface area (Å²) in [6.45, 7) is 3.49. The van der Waals surface area contributed by atoms with Gasteiger partial charge in [-0.1, -0.05) is 24.3 Å². The number of rotatable bonds is 6. The standard InChI is InChI=1S/C25H22F3N3O4S2/c1-15(2)29-24(32)35-21-10-5-4-9-19(21)31-20(13-23(30-31)25(26,27)28)22-12-17(14-36-22)16-7-6-8-18(11-16)37(3,33)34/h4-15H,1-3H3,(H,29,32). The van der Waals surface area contributed by atoms with Crippen molar-refractivity contribution in [1.29, 1.82) is 0 Å². The molecule has 4 rings (SSSR count). The third kappa shape index (κ3) is 6.03. The molecule has 0 aliphatic rings. The Hall–Kier alpha value is -3.64. The molecule has 0 bridgehead atoms. The molecule has 2 heterocycles. The Labute approximate surface area is 215 Å². The van der Waals surface area contributed by atoms with Crippen molar-refractivity contribution < 1.29 is 31.1 Å². The maximum Gasteiger partial charge on any atom is 0.435 e. The highest BCUT2D eigenvalue weighted by atomic mass is 32.2. The molecule has 4 aromatic rings. The number of nitrogens with zero attached hydrogens (tertiary/aromatic N) is 2. The molecule has 0 unspecified atom stereocenters. The van der Waals surface area contributed by atoms with Crippen molar-refractivity contribution in [3.05, 3.63) is 71.7 Å². The van der Waals surface area contributed by atoms with Crippen LogP contribution in [0.15, 0.2) is 70.9 Å². The average molecular weight is 550 g/mol. The first-order valence-corrected chi connectivity index (χ1v) is 13.7. The fraction of sp³-hybridized carbons (Fsp3) is 0.200. The Morgan fingerprint density at radius 3 is 2.46 bits per heavy atom. The number of amides is 1. The highest BCUT2D eigenvalue weighted by Crippen LogP contribution is 2.39. The van der Waals surface area contributed by atoms with Gasteiger partial charge in [0, 0.05) is 12.3 Å². The molecule has 0 saturated carbocycles. The lowest BCUT2D eigenvalue weighted by Gasteiger charge is -2.14. The average Bonchev–Trinajstić information content (AvgIpc) is 3.46. The van der Waals surface area contributed by atoms with E-state index in [1.807, 2.05) is 0 Å². The summed E-state index contributed by atoms with van der Waals surface area (Å²) in [7, 11) is -3.44. The Bertz CT molecular complexity index is 1560. The normalized spacial score (nSPS) is 12.1. The van der Waals surface area contributed by atoms with E-state index in [9.17, 15) is 26.4 Å². The highest BCUT2D eigenvalue weighted by Gasteiger charge is 2.36. The van der Waals surface area contributed by atoms with Crippen molar-refractivity contribution in [2.24, 2.45) is 0 Å². The van der Waals surface area contributed by atoms with E-state index in [1.165, 1.54) is 35.6 Å². The minimum atomic E-state index is -4.71. The topological polar surface area (TPSA) is 90.3 Å². The van der Waals surface area contributed by atoms with Gasteiger partial charge in [0.1, 0.15) is 5.69 Å². The summed E-state index contributed by atoms with van der Waals surface area (Å²) < 4.78 is 71.4. The Morgan fingerprint density at radius 1 is 1.05 bits per heavy atom. The molecule has 0 radical (unpaired) electrons. The van der Waals surface area contributed by atoms with Crippen LogP contribution in [0.2, 0.25) is 0 Å². The van der Waals surface area contributed by atoms with Crippen LogP contribution in [0.5, 0.6) is 5.75 Å². The van der Waals surface area contributed by atoms with Crippen molar-refractivity contribution in [3.8, 4) is 33.1 Å². The van der Waals surface area contributed by atoms with E-state index in [0.29, 0.717) is 16.0 Å². The summed E-state index contributed by atoms with van der Waals surface area (Å²) in [5.74, 6) is 0.0244. The first-order chi connectivity index (χ1) is 17.3. The first kappa shape index (κ1) is 26.4. The van der Waals surface area contributed by atoms with E-state index in [-0.39, 0.29) is 28.1 Å². The molecule has 0 aliphatic carbocycles. The predicted octanol–water partition coefficient (Wildman–Crippen LogP) is 6.19. The van der Waals surface area contributed by atoms with Crippen LogP contribution in [-0.4, -0.2) is 36.6 Å². The monoisotopic (exact) mass is 549 g/mol. The van der Waals surface area contributed by atoms with Crippen molar-refractivity contribution in [2.75, 3.05) is 6.26 Å². The lowest BCUT2D eigenvalue weighted by Crippen LogP contribution is -2.32. The smallest absolute Gasteiger partial charge is 0.408 e. The second kappa shape index (κ2) is 10.0. The summed E-state index contributed by atoms with van der Waals surface area (Å²) in [5.41, 5.74) is 0.385. The van der Waals surface area contributed by atoms with Gasteiger partial charge in [-0.15, -0.1) is 11.3 Å². The minimum Gasteiger partial charge on any atom is -0.408 e. The number of hydrogen-bond acceptors (Lipinski definition) is 6. The van der Waals surface area contributed by atoms with E-state index in [1.54, 1.807) is 49.6 Å². The molecule has 194 valence electrons. The van der Waals surface area contributed by atoms with Gasteiger partial charge in [0.15, 0.2) is 21.3 Å². The van der Waals surface area contributed by atoms with Crippen molar-refractivity contribution >= 4 is 27.3 Å². The number of ether oxygens (including phenoxy) is 1. The van der Waals surface area contributed by atoms with Gasteiger partial charge in [-0.2, -0.15) is 18.3 Å². The van der Waals surface area contributed by atoms with Gasteiger partial charge in [-0.25, -0.2) is 17.9 Å². The number of aromatic nitrogens is 2. The zero-order valence-corrected chi connectivity index (χ0v) is 21.5. The fourth-order valence-corrected chi connectivity index (χ4v) is 5.08. The second-order valence-electron chi connectivity index (χ2n) is 8.48. The molecule has 37 heavy (non-hydrogen) atoms. The van der Waals surface area contributed by atoms with Gasteiger partial charge in [0.2, 0.25) is 0 Å². The Kier molecular flexibility index (Phi) is 7.16. The number of halogens is 3. The van der Waals surface area contributed by atoms with Crippen LogP contribution in [-0.2, 0) is 16.0 Å². The van der Waals surface area contributed by atoms with Crippen LogP contribution in [0.4, 0.5) is 18.0 Å². The van der Waals surface area contributed by atoms with Crippen molar-refractivity contribution in [3.63, 3.8) is 0 Å². The second-order valence-corrected chi connectivity index (χ2v) is 11.4. The van der Waals surface area contributed by atoms with Crippen LogP contribution in [0.3, 0.4) is 0 Å². The minimum absolute atomic E-state index is 0.0244. The molecule has 0 aliphatic heterocycles. The third-order valence-electron chi connectivity index (χ3n) is 5.15. The molecule has 0 atom stereocenters. The quantitative estimate of drug-likeness (QED) is 0.310. The summed E-state index contributed by atoms with van der Waals surface area (Å²) in [6, 6.07) is 14.8. The summed E-state index contributed by atoms with van der Waals surface area (Å²) in [6.07, 6.45) is -4.37. The fourth-order valence-electron chi connectivity index (χ4n) is 3.49. The van der Waals surface area contributed by atoms with Crippen LogP contribution < -0.4 is 10.1 Å². The van der Waals surface area contributed by atoms with E-state index in [2.05, 4.69) is 10.4 Å². The molecule has 2 aromatic carbocycles. The maximum absolute atomic E-state index is 13.7. The molecular weight excluding hydrogens is 527 g/mol. The van der Waals surface area contributed by atoms with Crippen molar-refractivity contribution in [2.45, 2.75) is 31.0 Å². The lowest BCUT2D eigenvalue weighted by atomic mass is 10.1. The van der Waals surface area contributed by atoms with Gasteiger partial charge in [0.25, 0.3) is 0 Å². The number of para-hydroxylation sites is 2. The molecule has 7 nitrogen and oxygen atoms in total. The van der Waals surface area contributed by atoms with Crippen LogP contribution in [0.25, 0.3) is 27.4 Å². The largest absolute Gasteiger partial charge is 0.435 e. The molecular formula is C25H22F3N3O4S2. The van der Waals surface area contributed by atoms with Gasteiger partial charge < -0.3 is 10.1 Å². The van der Waals surface area contributed by atoms with Crippen LogP contribution in [0, 0.1) is 0 Å².